The SMILES string of the molecule is COc1ccc(C(=N)N)c(Br)c1O. The number of methoxy groups -OCH3 is 1. The molecule has 0 radical (unpaired) electrons. The van der Waals surface area contributed by atoms with Crippen LogP contribution in [-0.4, -0.2) is 18.1 Å². The normalized spacial score (nSPS) is 9.69. The largest absolute Gasteiger partial charge is 0.503 e. The lowest BCUT2D eigenvalue weighted by molar-refractivity contribution is 0.372. The molecule has 4 N–H and O–H groups in total. The summed E-state index contributed by atoms with van der Waals surface area (Å²) in [5.41, 5.74) is 5.72. The quantitative estimate of drug-likeness (QED) is 0.545. The Morgan fingerprint density at radius 3 is 2.69 bits per heavy atom. The van der Waals surface area contributed by atoms with Gasteiger partial charge in [-0.25, -0.2) is 0 Å². The zero-order chi connectivity index (χ0) is 10.0. The van der Waals surface area contributed by atoms with Crippen LogP contribution in [0.1, 0.15) is 5.56 Å². The highest BCUT2D eigenvalue weighted by molar-refractivity contribution is 9.10. The third-order valence-electron chi connectivity index (χ3n) is 1.59. The Kier molecular flexibility index (Phi) is 2.77. The monoisotopic (exact) mass is 244 g/mol. The Hall–Kier alpha value is -1.23. The molecule has 13 heavy (non-hydrogen) atoms. The number of phenols is 1. The first-order chi connectivity index (χ1) is 6.07. The smallest absolute Gasteiger partial charge is 0.172 e. The molecule has 1 aromatic rings. The summed E-state index contributed by atoms with van der Waals surface area (Å²) in [4.78, 5) is 0. The van der Waals surface area contributed by atoms with E-state index in [1.807, 2.05) is 0 Å². The summed E-state index contributed by atoms with van der Waals surface area (Å²) in [5, 5.41) is 16.7. The number of nitrogens with one attached hydrogen (secondary N) is 1. The Bertz CT molecular complexity index is 352. The Morgan fingerprint density at radius 2 is 2.23 bits per heavy atom. The van der Waals surface area contributed by atoms with Crippen molar-refractivity contribution in [2.24, 2.45) is 5.73 Å². The number of ether oxygens (including phenoxy) is 1. The summed E-state index contributed by atoms with van der Waals surface area (Å²) < 4.78 is 5.24. The van der Waals surface area contributed by atoms with E-state index in [4.69, 9.17) is 15.9 Å². The predicted octanol–water partition coefficient (Wildman–Crippen LogP) is 1.45. The van der Waals surface area contributed by atoms with Crippen molar-refractivity contribution in [3.8, 4) is 11.5 Å². The lowest BCUT2D eigenvalue weighted by Gasteiger charge is -2.08. The lowest BCUT2D eigenvalue weighted by atomic mass is 10.2. The molecule has 0 aliphatic heterocycles. The highest BCUT2D eigenvalue weighted by atomic mass is 79.9. The minimum atomic E-state index is -0.107. The van der Waals surface area contributed by atoms with Crippen LogP contribution in [0.4, 0.5) is 0 Å². The van der Waals surface area contributed by atoms with Gasteiger partial charge >= 0.3 is 0 Å². The zero-order valence-corrected chi connectivity index (χ0v) is 8.55. The van der Waals surface area contributed by atoms with Gasteiger partial charge in [0.2, 0.25) is 0 Å². The molecule has 0 amide bonds. The van der Waals surface area contributed by atoms with Gasteiger partial charge < -0.3 is 15.6 Å². The number of hydrogen-bond acceptors (Lipinski definition) is 3. The van der Waals surface area contributed by atoms with E-state index in [9.17, 15) is 5.11 Å². The molecule has 70 valence electrons. The van der Waals surface area contributed by atoms with Crippen molar-refractivity contribution >= 4 is 21.8 Å². The Morgan fingerprint density at radius 1 is 1.62 bits per heavy atom. The van der Waals surface area contributed by atoms with Crippen molar-refractivity contribution in [3.05, 3.63) is 22.2 Å². The minimum Gasteiger partial charge on any atom is -0.503 e. The molecule has 1 aromatic carbocycles. The number of nitrogen functional groups attached to an aromatic ring is 1. The van der Waals surface area contributed by atoms with Gasteiger partial charge in [-0.05, 0) is 28.1 Å². The van der Waals surface area contributed by atoms with Gasteiger partial charge in [0.25, 0.3) is 0 Å². The number of halogens is 1. The highest BCUT2D eigenvalue weighted by Gasteiger charge is 2.11. The van der Waals surface area contributed by atoms with Gasteiger partial charge in [0.05, 0.1) is 11.6 Å². The van der Waals surface area contributed by atoms with Crippen molar-refractivity contribution in [3.63, 3.8) is 0 Å². The van der Waals surface area contributed by atoms with Gasteiger partial charge in [0.15, 0.2) is 11.5 Å². The average Bonchev–Trinajstić information content (AvgIpc) is 2.09. The van der Waals surface area contributed by atoms with Gasteiger partial charge in [0, 0.05) is 5.56 Å². The zero-order valence-electron chi connectivity index (χ0n) is 6.97. The molecule has 1 rings (SSSR count). The number of aromatic hydroxyl groups is 1. The summed E-state index contributed by atoms with van der Waals surface area (Å²) in [5.74, 6) is 0.192. The predicted molar refractivity (Wildman–Crippen MR) is 53.4 cm³/mol. The number of rotatable bonds is 2. The van der Waals surface area contributed by atoms with Crippen molar-refractivity contribution in [2.75, 3.05) is 7.11 Å². The number of phenolic OH excluding ortho intramolecular Hbond substituents is 1. The van der Waals surface area contributed by atoms with Crippen molar-refractivity contribution < 1.29 is 9.84 Å². The summed E-state index contributed by atoms with van der Waals surface area (Å²) in [7, 11) is 1.45. The molecule has 0 fully saturated rings. The second-order valence-corrected chi connectivity index (χ2v) is 3.18. The summed E-state index contributed by atoms with van der Waals surface area (Å²) >= 11 is 3.12. The van der Waals surface area contributed by atoms with Crippen LogP contribution in [-0.2, 0) is 0 Å². The molecule has 0 saturated carbocycles. The Labute approximate surface area is 84.0 Å². The molecular formula is C8H9BrN2O2. The first kappa shape index (κ1) is 9.85. The highest BCUT2D eigenvalue weighted by Crippen LogP contribution is 2.36. The summed E-state index contributed by atoms with van der Waals surface area (Å²) in [6.07, 6.45) is 0. The fourth-order valence-electron chi connectivity index (χ4n) is 0.920. The minimum absolute atomic E-state index is 0.0461. The van der Waals surface area contributed by atoms with Gasteiger partial charge in [0.1, 0.15) is 5.84 Å². The maximum absolute atomic E-state index is 9.50. The van der Waals surface area contributed by atoms with Crippen molar-refractivity contribution in [1.82, 2.24) is 0 Å². The fraction of sp³-hybridized carbons (Fsp3) is 0.125. The van der Waals surface area contributed by atoms with E-state index in [0.29, 0.717) is 15.8 Å². The lowest BCUT2D eigenvalue weighted by Crippen LogP contribution is -2.11. The van der Waals surface area contributed by atoms with E-state index in [2.05, 4.69) is 15.9 Å². The summed E-state index contributed by atoms with van der Waals surface area (Å²) in [6, 6.07) is 3.15. The molecule has 0 atom stereocenters. The van der Waals surface area contributed by atoms with E-state index in [1.54, 1.807) is 12.1 Å². The van der Waals surface area contributed by atoms with Gasteiger partial charge in [-0.15, -0.1) is 0 Å². The van der Waals surface area contributed by atoms with Crippen LogP contribution in [0.2, 0.25) is 0 Å². The fourth-order valence-corrected chi connectivity index (χ4v) is 1.46. The maximum Gasteiger partial charge on any atom is 0.172 e. The van der Waals surface area contributed by atoms with Crippen molar-refractivity contribution in [2.45, 2.75) is 0 Å². The molecule has 0 spiro atoms. The molecule has 0 bridgehead atoms. The van der Waals surface area contributed by atoms with E-state index in [1.165, 1.54) is 7.11 Å². The second-order valence-electron chi connectivity index (χ2n) is 2.39. The first-order valence-corrected chi connectivity index (χ1v) is 4.27. The maximum atomic E-state index is 9.50. The third-order valence-corrected chi connectivity index (χ3v) is 2.39. The molecule has 0 heterocycles. The van der Waals surface area contributed by atoms with E-state index in [0.717, 1.165) is 0 Å². The molecule has 0 unspecified atom stereocenters. The van der Waals surface area contributed by atoms with Crippen LogP contribution in [0, 0.1) is 5.41 Å². The average molecular weight is 245 g/mol. The van der Waals surface area contributed by atoms with Crippen LogP contribution in [0.25, 0.3) is 0 Å². The van der Waals surface area contributed by atoms with Gasteiger partial charge in [-0.2, -0.15) is 0 Å². The molecule has 0 aliphatic rings. The first-order valence-electron chi connectivity index (χ1n) is 3.47. The van der Waals surface area contributed by atoms with Crippen LogP contribution in [0.3, 0.4) is 0 Å². The van der Waals surface area contributed by atoms with Gasteiger partial charge in [-0.3, -0.25) is 5.41 Å². The standard InChI is InChI=1S/C8H9BrN2O2/c1-13-5-3-2-4(8(10)11)6(9)7(5)12/h2-3,12H,1H3,(H3,10,11). The van der Waals surface area contributed by atoms with Crippen LogP contribution < -0.4 is 10.5 Å². The van der Waals surface area contributed by atoms with Crippen LogP contribution in [0.15, 0.2) is 16.6 Å². The second kappa shape index (κ2) is 3.66. The third kappa shape index (κ3) is 1.75. The molecule has 0 saturated heterocycles. The number of nitrogens with two attached hydrogens (primary N) is 1. The van der Waals surface area contributed by atoms with E-state index >= 15 is 0 Å². The van der Waals surface area contributed by atoms with Crippen LogP contribution in [0.5, 0.6) is 11.5 Å². The number of benzene rings is 1. The number of amidine groups is 1. The Balaban J connectivity index is 3.31. The van der Waals surface area contributed by atoms with Crippen LogP contribution >= 0.6 is 15.9 Å². The van der Waals surface area contributed by atoms with Crippen molar-refractivity contribution in [1.29, 1.82) is 5.41 Å². The molecule has 4 nitrogen and oxygen atoms in total. The molecular weight excluding hydrogens is 236 g/mol. The molecule has 0 aliphatic carbocycles. The number of hydrogen-bond donors (Lipinski definition) is 3. The van der Waals surface area contributed by atoms with E-state index in [-0.39, 0.29) is 11.6 Å². The van der Waals surface area contributed by atoms with Gasteiger partial charge in [-0.1, -0.05) is 0 Å². The van der Waals surface area contributed by atoms with E-state index < -0.39 is 0 Å². The summed E-state index contributed by atoms with van der Waals surface area (Å²) in [6.45, 7) is 0. The molecule has 5 heteroatoms. The topological polar surface area (TPSA) is 79.3 Å². The molecule has 0 aromatic heterocycles.